The number of nitrogens with zero attached hydrogens (tertiary/aromatic N) is 1. The summed E-state index contributed by atoms with van der Waals surface area (Å²) in [5.41, 5.74) is 1.60. The second-order valence-electron chi connectivity index (χ2n) is 6.50. The van der Waals surface area contributed by atoms with E-state index in [-0.39, 0.29) is 11.4 Å². The number of ether oxygens (including phenoxy) is 2. The minimum Gasteiger partial charge on any atom is -0.494 e. The molecule has 0 spiro atoms. The Balaban J connectivity index is 1.78. The molecular formula is C24H25NO4S. The van der Waals surface area contributed by atoms with Gasteiger partial charge in [-0.2, -0.15) is 0 Å². The van der Waals surface area contributed by atoms with E-state index in [9.17, 15) is 8.42 Å². The largest absolute Gasteiger partial charge is 0.494 e. The highest BCUT2D eigenvalue weighted by Crippen LogP contribution is 2.27. The molecule has 0 atom stereocenters. The van der Waals surface area contributed by atoms with Gasteiger partial charge in [0, 0.05) is 0 Å². The topological polar surface area (TPSA) is 55.8 Å². The first kappa shape index (κ1) is 21.5. The molecule has 0 aliphatic carbocycles. The van der Waals surface area contributed by atoms with Crippen LogP contribution in [0.5, 0.6) is 11.5 Å². The summed E-state index contributed by atoms with van der Waals surface area (Å²) >= 11 is 0. The van der Waals surface area contributed by atoms with Gasteiger partial charge in [0.15, 0.2) is 0 Å². The van der Waals surface area contributed by atoms with Crippen molar-refractivity contribution < 1.29 is 17.9 Å². The van der Waals surface area contributed by atoms with Crippen molar-refractivity contribution in [3.05, 3.63) is 97.1 Å². The van der Waals surface area contributed by atoms with E-state index in [4.69, 9.17) is 9.47 Å². The third kappa shape index (κ3) is 5.21. The van der Waals surface area contributed by atoms with Crippen LogP contribution in [0.2, 0.25) is 0 Å². The summed E-state index contributed by atoms with van der Waals surface area (Å²) in [6.45, 7) is 6.70. The van der Waals surface area contributed by atoms with Crippen molar-refractivity contribution in [2.24, 2.45) is 0 Å². The van der Waals surface area contributed by atoms with Crippen molar-refractivity contribution in [3.8, 4) is 11.5 Å². The molecule has 0 saturated carbocycles. The number of anilines is 1. The first-order valence-electron chi connectivity index (χ1n) is 9.68. The van der Waals surface area contributed by atoms with Crippen LogP contribution in [0.15, 0.2) is 96.4 Å². The molecule has 0 amide bonds. The minimum atomic E-state index is -3.75. The fourth-order valence-corrected chi connectivity index (χ4v) is 4.35. The highest BCUT2D eigenvalue weighted by atomic mass is 32.2. The molecule has 0 aliphatic heterocycles. The molecule has 6 heteroatoms. The van der Waals surface area contributed by atoms with Crippen LogP contribution < -0.4 is 13.8 Å². The fourth-order valence-electron chi connectivity index (χ4n) is 2.91. The summed E-state index contributed by atoms with van der Waals surface area (Å²) in [6, 6.07) is 23.3. The van der Waals surface area contributed by atoms with Gasteiger partial charge in [0.25, 0.3) is 10.0 Å². The molecule has 0 heterocycles. The number of hydrogen-bond acceptors (Lipinski definition) is 4. The SMILES string of the molecule is C=CCN(c1ccc(OCc2ccccc2)cc1)S(=O)(=O)c1ccc(OCC)cc1. The second-order valence-corrected chi connectivity index (χ2v) is 8.36. The van der Waals surface area contributed by atoms with Gasteiger partial charge in [-0.25, -0.2) is 8.42 Å². The van der Waals surface area contributed by atoms with Gasteiger partial charge >= 0.3 is 0 Å². The van der Waals surface area contributed by atoms with E-state index in [1.807, 2.05) is 37.3 Å². The van der Waals surface area contributed by atoms with Crippen LogP contribution in [-0.4, -0.2) is 21.6 Å². The second kappa shape index (κ2) is 9.98. The molecule has 156 valence electrons. The first-order valence-corrected chi connectivity index (χ1v) is 11.1. The molecule has 5 nitrogen and oxygen atoms in total. The maximum atomic E-state index is 13.2. The van der Waals surface area contributed by atoms with E-state index < -0.39 is 10.0 Å². The van der Waals surface area contributed by atoms with Crippen LogP contribution in [-0.2, 0) is 16.6 Å². The van der Waals surface area contributed by atoms with Crippen molar-refractivity contribution in [1.82, 2.24) is 0 Å². The zero-order valence-corrected chi connectivity index (χ0v) is 17.7. The lowest BCUT2D eigenvalue weighted by Gasteiger charge is -2.23. The molecule has 0 fully saturated rings. The maximum absolute atomic E-state index is 13.2. The van der Waals surface area contributed by atoms with E-state index in [1.54, 1.807) is 54.6 Å². The van der Waals surface area contributed by atoms with Gasteiger partial charge in [-0.1, -0.05) is 36.4 Å². The van der Waals surface area contributed by atoms with Crippen molar-refractivity contribution in [2.75, 3.05) is 17.5 Å². The molecule has 30 heavy (non-hydrogen) atoms. The molecule has 0 unspecified atom stereocenters. The molecule has 0 aromatic heterocycles. The number of sulfonamides is 1. The first-order chi connectivity index (χ1) is 14.5. The highest BCUT2D eigenvalue weighted by Gasteiger charge is 2.24. The fraction of sp³-hybridized carbons (Fsp3) is 0.167. The third-order valence-electron chi connectivity index (χ3n) is 4.39. The monoisotopic (exact) mass is 423 g/mol. The van der Waals surface area contributed by atoms with Crippen LogP contribution in [0.1, 0.15) is 12.5 Å². The predicted octanol–water partition coefficient (Wildman–Crippen LogP) is 5.05. The zero-order chi connectivity index (χ0) is 21.4. The zero-order valence-electron chi connectivity index (χ0n) is 16.9. The van der Waals surface area contributed by atoms with E-state index in [0.717, 1.165) is 5.56 Å². The normalized spacial score (nSPS) is 11.0. The Morgan fingerprint density at radius 1 is 0.867 bits per heavy atom. The Morgan fingerprint density at radius 3 is 2.07 bits per heavy atom. The maximum Gasteiger partial charge on any atom is 0.264 e. The quantitative estimate of drug-likeness (QED) is 0.429. The Bertz CT molecular complexity index is 1050. The Kier molecular flexibility index (Phi) is 7.14. The lowest BCUT2D eigenvalue weighted by atomic mass is 10.2. The summed E-state index contributed by atoms with van der Waals surface area (Å²) < 4.78 is 38.9. The number of hydrogen-bond donors (Lipinski definition) is 0. The molecule has 3 aromatic rings. The minimum absolute atomic E-state index is 0.153. The summed E-state index contributed by atoms with van der Waals surface area (Å²) in [4.78, 5) is 0.192. The molecule has 0 N–H and O–H groups in total. The Morgan fingerprint density at radius 2 is 1.47 bits per heavy atom. The van der Waals surface area contributed by atoms with Gasteiger partial charge < -0.3 is 9.47 Å². The predicted molar refractivity (Wildman–Crippen MR) is 120 cm³/mol. The molecule has 0 aliphatic rings. The summed E-state index contributed by atoms with van der Waals surface area (Å²) in [5.74, 6) is 1.30. The van der Waals surface area contributed by atoms with Crippen LogP contribution in [0.3, 0.4) is 0 Å². The Hall–Kier alpha value is -3.25. The lowest BCUT2D eigenvalue weighted by Crippen LogP contribution is -2.31. The smallest absolute Gasteiger partial charge is 0.264 e. The average molecular weight is 424 g/mol. The third-order valence-corrected chi connectivity index (χ3v) is 6.20. The van der Waals surface area contributed by atoms with Crippen LogP contribution in [0, 0.1) is 0 Å². The summed E-state index contributed by atoms with van der Waals surface area (Å²) in [7, 11) is -3.75. The standard InChI is InChI=1S/C24H25NO4S/c1-3-18-25(30(26,27)24-16-14-22(15-17-24)28-4-2)21-10-12-23(13-11-21)29-19-20-8-6-5-7-9-20/h3,5-17H,1,4,18-19H2,2H3. The molecular weight excluding hydrogens is 398 g/mol. The highest BCUT2D eigenvalue weighted by molar-refractivity contribution is 7.92. The van der Waals surface area contributed by atoms with Crippen LogP contribution in [0.4, 0.5) is 5.69 Å². The number of benzene rings is 3. The Labute approximate surface area is 178 Å². The summed E-state index contributed by atoms with van der Waals surface area (Å²) in [5, 5.41) is 0. The van der Waals surface area contributed by atoms with Crippen molar-refractivity contribution in [3.63, 3.8) is 0 Å². The number of rotatable bonds is 10. The van der Waals surface area contributed by atoms with Crippen molar-refractivity contribution in [1.29, 1.82) is 0 Å². The van der Waals surface area contributed by atoms with Gasteiger partial charge in [-0.05, 0) is 61.0 Å². The molecule has 3 aromatic carbocycles. The van der Waals surface area contributed by atoms with E-state index in [1.165, 1.54) is 4.31 Å². The van der Waals surface area contributed by atoms with Crippen molar-refractivity contribution >= 4 is 15.7 Å². The molecule has 0 saturated heterocycles. The van der Waals surface area contributed by atoms with E-state index in [2.05, 4.69) is 6.58 Å². The summed E-state index contributed by atoms with van der Waals surface area (Å²) in [6.07, 6.45) is 1.56. The van der Waals surface area contributed by atoms with E-state index >= 15 is 0 Å². The van der Waals surface area contributed by atoms with Gasteiger partial charge in [0.1, 0.15) is 18.1 Å². The van der Waals surface area contributed by atoms with Crippen LogP contribution >= 0.6 is 0 Å². The molecule has 0 radical (unpaired) electrons. The van der Waals surface area contributed by atoms with E-state index in [0.29, 0.717) is 30.4 Å². The van der Waals surface area contributed by atoms with Crippen LogP contribution in [0.25, 0.3) is 0 Å². The molecule has 3 rings (SSSR count). The van der Waals surface area contributed by atoms with Gasteiger partial charge in [0.2, 0.25) is 0 Å². The molecule has 0 bridgehead atoms. The van der Waals surface area contributed by atoms with Gasteiger partial charge in [-0.3, -0.25) is 4.31 Å². The van der Waals surface area contributed by atoms with Gasteiger partial charge in [-0.15, -0.1) is 6.58 Å². The average Bonchev–Trinajstić information content (AvgIpc) is 2.78. The van der Waals surface area contributed by atoms with Crippen molar-refractivity contribution in [2.45, 2.75) is 18.4 Å². The van der Waals surface area contributed by atoms with Gasteiger partial charge in [0.05, 0.1) is 23.7 Å². The lowest BCUT2D eigenvalue weighted by molar-refractivity contribution is 0.306.